The van der Waals surface area contributed by atoms with Crippen molar-refractivity contribution in [3.63, 3.8) is 0 Å². The van der Waals surface area contributed by atoms with Gasteiger partial charge in [0, 0.05) is 28.8 Å². The van der Waals surface area contributed by atoms with Crippen LogP contribution in [0.4, 0.5) is 23.2 Å². The van der Waals surface area contributed by atoms with Crippen LogP contribution in [0.1, 0.15) is 28.8 Å². The summed E-state index contributed by atoms with van der Waals surface area (Å²) < 4.78 is 52.0. The molecule has 9 heteroatoms. The first-order chi connectivity index (χ1) is 13.6. The van der Waals surface area contributed by atoms with Crippen molar-refractivity contribution in [2.24, 2.45) is 5.92 Å². The molecule has 0 spiro atoms. The van der Waals surface area contributed by atoms with Gasteiger partial charge in [0.05, 0.1) is 11.5 Å². The van der Waals surface area contributed by atoms with E-state index in [1.807, 2.05) is 0 Å². The van der Waals surface area contributed by atoms with Gasteiger partial charge < -0.3 is 10.2 Å². The normalized spacial score (nSPS) is 17.1. The highest BCUT2D eigenvalue weighted by Crippen LogP contribution is 2.36. The highest BCUT2D eigenvalue weighted by Gasteiger charge is 2.34. The maximum Gasteiger partial charge on any atom is 0.417 e. The molecular formula is C20H17BrF4N2O2. The summed E-state index contributed by atoms with van der Waals surface area (Å²) in [6, 6.07) is 8.60. The monoisotopic (exact) mass is 472 g/mol. The Morgan fingerprint density at radius 2 is 1.79 bits per heavy atom. The second-order valence-corrected chi connectivity index (χ2v) is 7.63. The standard InChI is InChI=1S/C20H17BrF4N2O2/c21-17-8-7-15(10-16(17)20(23,24)25)26-18(28)13-2-1-9-27(11-13)19(29)12-3-5-14(22)6-4-12/h3-8,10,13H,1-2,9,11H2,(H,26,28). The van der Waals surface area contributed by atoms with Crippen molar-refractivity contribution in [2.45, 2.75) is 19.0 Å². The molecule has 0 aliphatic carbocycles. The Hall–Kier alpha value is -2.42. The van der Waals surface area contributed by atoms with Crippen molar-refractivity contribution < 1.29 is 27.2 Å². The molecule has 2 amide bonds. The number of alkyl halides is 3. The SMILES string of the molecule is O=C(Nc1ccc(Br)c(C(F)(F)F)c1)C1CCCN(C(=O)c2ccc(F)cc2)C1. The van der Waals surface area contributed by atoms with Crippen LogP contribution in [-0.4, -0.2) is 29.8 Å². The van der Waals surface area contributed by atoms with E-state index in [1.54, 1.807) is 0 Å². The number of amides is 2. The molecule has 4 nitrogen and oxygen atoms in total. The van der Waals surface area contributed by atoms with Gasteiger partial charge in [0.2, 0.25) is 5.91 Å². The topological polar surface area (TPSA) is 49.4 Å². The lowest BCUT2D eigenvalue weighted by molar-refractivity contribution is -0.138. The van der Waals surface area contributed by atoms with Gasteiger partial charge in [-0.15, -0.1) is 0 Å². The molecule has 154 valence electrons. The van der Waals surface area contributed by atoms with Gasteiger partial charge in [-0.25, -0.2) is 4.39 Å². The zero-order chi connectivity index (χ0) is 21.2. The summed E-state index contributed by atoms with van der Waals surface area (Å²) in [6.07, 6.45) is -3.45. The summed E-state index contributed by atoms with van der Waals surface area (Å²) in [5.74, 6) is -1.76. The van der Waals surface area contributed by atoms with Crippen LogP contribution in [0.3, 0.4) is 0 Å². The lowest BCUT2D eigenvalue weighted by atomic mass is 9.96. The summed E-state index contributed by atoms with van der Waals surface area (Å²) in [6.45, 7) is 0.598. The van der Waals surface area contributed by atoms with Gasteiger partial charge in [-0.3, -0.25) is 9.59 Å². The molecule has 1 fully saturated rings. The first-order valence-corrected chi connectivity index (χ1v) is 9.67. The fraction of sp³-hybridized carbons (Fsp3) is 0.300. The number of nitrogens with one attached hydrogen (secondary N) is 1. The van der Waals surface area contributed by atoms with Crippen molar-refractivity contribution in [3.05, 3.63) is 63.9 Å². The Labute approximate surface area is 173 Å². The van der Waals surface area contributed by atoms with Crippen LogP contribution >= 0.6 is 15.9 Å². The highest BCUT2D eigenvalue weighted by molar-refractivity contribution is 9.10. The number of benzene rings is 2. The Bertz CT molecular complexity index is 916. The number of anilines is 1. The van der Waals surface area contributed by atoms with E-state index in [2.05, 4.69) is 21.2 Å². The van der Waals surface area contributed by atoms with Crippen LogP contribution in [-0.2, 0) is 11.0 Å². The highest BCUT2D eigenvalue weighted by atomic mass is 79.9. The van der Waals surface area contributed by atoms with Crippen LogP contribution in [0, 0.1) is 11.7 Å². The van der Waals surface area contributed by atoms with Crippen molar-refractivity contribution in [2.75, 3.05) is 18.4 Å². The zero-order valence-corrected chi connectivity index (χ0v) is 16.7. The molecule has 0 aromatic heterocycles. The molecule has 1 aliphatic rings. The smallest absolute Gasteiger partial charge is 0.338 e. The van der Waals surface area contributed by atoms with E-state index in [9.17, 15) is 27.2 Å². The average molecular weight is 473 g/mol. The van der Waals surface area contributed by atoms with Crippen molar-refractivity contribution in [1.82, 2.24) is 4.90 Å². The first kappa shape index (κ1) is 21.3. The fourth-order valence-corrected chi connectivity index (χ4v) is 3.69. The molecule has 1 N–H and O–H groups in total. The van der Waals surface area contributed by atoms with Gasteiger partial charge in [-0.2, -0.15) is 13.2 Å². The third-order valence-electron chi connectivity index (χ3n) is 4.71. The zero-order valence-electron chi connectivity index (χ0n) is 15.1. The Morgan fingerprint density at radius 1 is 1.10 bits per heavy atom. The molecular weight excluding hydrogens is 456 g/mol. The van der Waals surface area contributed by atoms with Crippen molar-refractivity contribution >= 4 is 33.4 Å². The number of likely N-dealkylation sites (tertiary alicyclic amines) is 1. The number of carbonyl (C=O) groups excluding carboxylic acids is 2. The molecule has 2 aromatic rings. The molecule has 1 atom stereocenters. The minimum Gasteiger partial charge on any atom is -0.338 e. The number of halogens is 5. The van der Waals surface area contributed by atoms with Crippen LogP contribution in [0.15, 0.2) is 46.9 Å². The minimum atomic E-state index is -4.55. The van der Waals surface area contributed by atoms with Gasteiger partial charge in [-0.1, -0.05) is 15.9 Å². The number of rotatable bonds is 3. The molecule has 1 aliphatic heterocycles. The third-order valence-corrected chi connectivity index (χ3v) is 5.40. The lowest BCUT2D eigenvalue weighted by Gasteiger charge is -2.32. The molecule has 1 saturated heterocycles. The molecule has 0 radical (unpaired) electrons. The van der Waals surface area contributed by atoms with E-state index in [4.69, 9.17) is 0 Å². The quantitative estimate of drug-likeness (QED) is 0.631. The number of hydrogen-bond acceptors (Lipinski definition) is 2. The molecule has 3 rings (SSSR count). The molecule has 1 unspecified atom stereocenters. The molecule has 0 bridgehead atoms. The number of nitrogens with zero attached hydrogens (tertiary/aromatic N) is 1. The Morgan fingerprint density at radius 3 is 2.45 bits per heavy atom. The first-order valence-electron chi connectivity index (χ1n) is 8.87. The van der Waals surface area contributed by atoms with Gasteiger partial charge in [0.1, 0.15) is 5.82 Å². The predicted octanol–water partition coefficient (Wildman–Crippen LogP) is 5.10. The van der Waals surface area contributed by atoms with Gasteiger partial charge in [0.25, 0.3) is 5.91 Å². The summed E-state index contributed by atoms with van der Waals surface area (Å²) >= 11 is 2.86. The fourth-order valence-electron chi connectivity index (χ4n) is 3.22. The van der Waals surface area contributed by atoms with Crippen LogP contribution in [0.2, 0.25) is 0 Å². The Kier molecular flexibility index (Phi) is 6.26. The van der Waals surface area contributed by atoms with Crippen molar-refractivity contribution in [1.29, 1.82) is 0 Å². The molecule has 1 heterocycles. The molecule has 29 heavy (non-hydrogen) atoms. The van der Waals surface area contributed by atoms with Gasteiger partial charge in [-0.05, 0) is 55.3 Å². The van der Waals surface area contributed by atoms with Gasteiger partial charge >= 0.3 is 6.18 Å². The van der Waals surface area contributed by atoms with Crippen LogP contribution < -0.4 is 5.32 Å². The summed E-state index contributed by atoms with van der Waals surface area (Å²) in [5.41, 5.74) is -0.533. The van der Waals surface area contributed by atoms with E-state index < -0.39 is 29.4 Å². The van der Waals surface area contributed by atoms with E-state index in [0.717, 1.165) is 6.07 Å². The van der Waals surface area contributed by atoms with E-state index in [0.29, 0.717) is 24.9 Å². The largest absolute Gasteiger partial charge is 0.417 e. The van der Waals surface area contributed by atoms with E-state index in [-0.39, 0.29) is 22.6 Å². The van der Waals surface area contributed by atoms with E-state index >= 15 is 0 Å². The van der Waals surface area contributed by atoms with Crippen molar-refractivity contribution in [3.8, 4) is 0 Å². The Balaban J connectivity index is 1.68. The van der Waals surface area contributed by atoms with E-state index in [1.165, 1.54) is 41.3 Å². The van der Waals surface area contributed by atoms with Crippen LogP contribution in [0.25, 0.3) is 0 Å². The van der Waals surface area contributed by atoms with Gasteiger partial charge in [0.15, 0.2) is 0 Å². The summed E-state index contributed by atoms with van der Waals surface area (Å²) in [7, 11) is 0. The number of hydrogen-bond donors (Lipinski definition) is 1. The predicted molar refractivity (Wildman–Crippen MR) is 103 cm³/mol. The average Bonchev–Trinajstić information content (AvgIpc) is 2.68. The third kappa shape index (κ3) is 5.14. The minimum absolute atomic E-state index is 0.0347. The number of piperidine rings is 1. The second-order valence-electron chi connectivity index (χ2n) is 6.78. The number of carbonyl (C=O) groups is 2. The lowest BCUT2D eigenvalue weighted by Crippen LogP contribution is -2.43. The molecule has 0 saturated carbocycles. The second kappa shape index (κ2) is 8.52. The van der Waals surface area contributed by atoms with Crippen LogP contribution in [0.5, 0.6) is 0 Å². The molecule has 2 aromatic carbocycles. The maximum absolute atomic E-state index is 13.0. The maximum atomic E-state index is 13.0. The summed E-state index contributed by atoms with van der Waals surface area (Å²) in [4.78, 5) is 26.6. The summed E-state index contributed by atoms with van der Waals surface area (Å²) in [5, 5.41) is 2.51.